The Morgan fingerprint density at radius 2 is 1.42 bits per heavy atom. The van der Waals surface area contributed by atoms with Crippen LogP contribution in [-0.4, -0.2) is 13.7 Å². The molecule has 0 bridgehead atoms. The third kappa shape index (κ3) is 1.65. The van der Waals surface area contributed by atoms with Gasteiger partial charge in [-0.05, 0) is 0 Å². The van der Waals surface area contributed by atoms with Crippen LogP contribution in [-0.2, 0) is 0 Å². The molecule has 1 aliphatic heterocycles. The molecule has 0 fully saturated rings. The van der Waals surface area contributed by atoms with E-state index in [1.165, 1.54) is 11.1 Å². The molecule has 0 aliphatic carbocycles. The quantitative estimate of drug-likeness (QED) is 0.610. The monoisotopic (exact) mass is 238 g/mol. The Balaban J connectivity index is 2.52. The summed E-state index contributed by atoms with van der Waals surface area (Å²) >= 11 is -1.28. The molecule has 0 aromatic heterocycles. The van der Waals surface area contributed by atoms with Gasteiger partial charge in [0.1, 0.15) is 0 Å². The second-order valence-corrected chi connectivity index (χ2v) is 7.33. The van der Waals surface area contributed by atoms with Gasteiger partial charge >= 0.3 is 80.9 Å². The average molecular weight is 239 g/mol. The summed E-state index contributed by atoms with van der Waals surface area (Å²) in [6.07, 6.45) is 4.25. The van der Waals surface area contributed by atoms with Crippen LogP contribution >= 0.6 is 9.95 Å². The van der Waals surface area contributed by atoms with Crippen LogP contribution in [0.5, 0.6) is 0 Å². The van der Waals surface area contributed by atoms with E-state index < -0.39 is 13.7 Å². The Hall–Kier alpha value is -0.452. The molecule has 0 radical (unpaired) electrons. The molecule has 0 nitrogen and oxygen atoms in total. The van der Waals surface area contributed by atoms with Crippen LogP contribution in [0.25, 0.3) is 12.2 Å². The molecule has 2 heteroatoms. The first-order chi connectivity index (χ1) is 5.86. The van der Waals surface area contributed by atoms with Crippen molar-refractivity contribution in [1.82, 2.24) is 0 Å². The van der Waals surface area contributed by atoms with Crippen LogP contribution in [0.15, 0.2) is 34.0 Å². The maximum atomic E-state index is 6.08. The van der Waals surface area contributed by atoms with E-state index in [2.05, 4.69) is 34.0 Å². The van der Waals surface area contributed by atoms with E-state index in [9.17, 15) is 0 Å². The van der Waals surface area contributed by atoms with Gasteiger partial charge in [-0.2, -0.15) is 0 Å². The van der Waals surface area contributed by atoms with Gasteiger partial charge in [0.15, 0.2) is 0 Å². The maximum absolute atomic E-state index is 6.08. The molecule has 0 unspecified atom stereocenters. The molecule has 0 amide bonds. The zero-order chi connectivity index (χ0) is 8.39. The third-order valence-corrected chi connectivity index (χ3v) is 4.78. The van der Waals surface area contributed by atoms with Crippen molar-refractivity contribution in [3.63, 3.8) is 0 Å². The molecule has 60 valence electrons. The van der Waals surface area contributed by atoms with Crippen molar-refractivity contribution in [3.8, 4) is 0 Å². The molecule has 0 spiro atoms. The number of benzene rings is 1. The minimum absolute atomic E-state index is 1.27. The van der Waals surface area contributed by atoms with Gasteiger partial charge in [-0.3, -0.25) is 0 Å². The van der Waals surface area contributed by atoms with Crippen molar-refractivity contribution in [3.05, 3.63) is 45.1 Å². The summed E-state index contributed by atoms with van der Waals surface area (Å²) in [5.74, 6) is 0. The van der Waals surface area contributed by atoms with Crippen LogP contribution in [0, 0.1) is 0 Å². The number of hydrogen-bond acceptors (Lipinski definition) is 0. The molecular weight excluding hydrogens is 230 g/mol. The Labute approximate surface area is 81.0 Å². The van der Waals surface area contributed by atoms with E-state index in [-0.39, 0.29) is 0 Å². The van der Waals surface area contributed by atoms with Crippen molar-refractivity contribution in [2.45, 2.75) is 0 Å². The second kappa shape index (κ2) is 3.51. The Bertz CT molecular complexity index is 308. The van der Waals surface area contributed by atoms with Crippen LogP contribution in [0.3, 0.4) is 0 Å². The molecular formula is C10H8AsCl. The minimum atomic E-state index is -1.28. The van der Waals surface area contributed by atoms with Crippen LogP contribution < -0.4 is 0 Å². The summed E-state index contributed by atoms with van der Waals surface area (Å²) in [5.41, 5.74) is 2.54. The van der Waals surface area contributed by atoms with Crippen molar-refractivity contribution in [1.29, 1.82) is 0 Å². The first kappa shape index (κ1) is 8.16. The van der Waals surface area contributed by atoms with Crippen LogP contribution in [0.1, 0.15) is 11.1 Å². The molecule has 2 rings (SSSR count). The van der Waals surface area contributed by atoms with Crippen molar-refractivity contribution in [2.24, 2.45) is 0 Å². The third-order valence-electron chi connectivity index (χ3n) is 1.79. The zero-order valence-corrected chi connectivity index (χ0v) is 9.08. The molecule has 1 aromatic rings. The number of halogens is 1. The molecule has 0 saturated heterocycles. The van der Waals surface area contributed by atoms with Crippen molar-refractivity contribution < 1.29 is 0 Å². The summed E-state index contributed by atoms with van der Waals surface area (Å²) in [4.78, 5) is 4.27. The van der Waals surface area contributed by atoms with Gasteiger partial charge in [-0.15, -0.1) is 0 Å². The van der Waals surface area contributed by atoms with Gasteiger partial charge in [0, 0.05) is 0 Å². The molecule has 1 aliphatic rings. The van der Waals surface area contributed by atoms with E-state index in [1.807, 2.05) is 12.1 Å². The van der Waals surface area contributed by atoms with Gasteiger partial charge in [0.05, 0.1) is 0 Å². The van der Waals surface area contributed by atoms with E-state index >= 15 is 0 Å². The topological polar surface area (TPSA) is 0 Å². The number of hydrogen-bond donors (Lipinski definition) is 0. The van der Waals surface area contributed by atoms with E-state index in [4.69, 9.17) is 9.95 Å². The second-order valence-electron chi connectivity index (χ2n) is 2.60. The van der Waals surface area contributed by atoms with Crippen LogP contribution in [0.4, 0.5) is 0 Å². The Kier molecular flexibility index (Phi) is 2.39. The predicted octanol–water partition coefficient (Wildman–Crippen LogP) is 3.04. The first-order valence-corrected chi connectivity index (χ1v) is 8.39. The van der Waals surface area contributed by atoms with Crippen molar-refractivity contribution in [2.75, 3.05) is 0 Å². The van der Waals surface area contributed by atoms with Gasteiger partial charge in [-0.25, -0.2) is 0 Å². The Morgan fingerprint density at radius 3 is 1.92 bits per heavy atom. The molecule has 1 heterocycles. The fourth-order valence-electron chi connectivity index (χ4n) is 1.17. The van der Waals surface area contributed by atoms with Crippen molar-refractivity contribution >= 4 is 35.8 Å². The van der Waals surface area contributed by atoms with E-state index in [0.717, 1.165) is 0 Å². The molecule has 1 aromatic carbocycles. The molecule has 0 N–H and O–H groups in total. The van der Waals surface area contributed by atoms with Gasteiger partial charge in [0.25, 0.3) is 0 Å². The predicted molar refractivity (Wildman–Crippen MR) is 56.1 cm³/mol. The summed E-state index contributed by atoms with van der Waals surface area (Å²) in [6, 6.07) is 8.32. The van der Waals surface area contributed by atoms with E-state index in [1.54, 1.807) is 0 Å². The fourth-order valence-corrected chi connectivity index (χ4v) is 3.23. The fraction of sp³-hybridized carbons (Fsp3) is 0. The average Bonchev–Trinajstić information content (AvgIpc) is 2.29. The summed E-state index contributed by atoms with van der Waals surface area (Å²) in [7, 11) is 6.08. The SMILES string of the molecule is Cl[As]1C=Cc2ccccc2C=C1. The number of fused-ring (bicyclic) bond motifs is 1. The first-order valence-electron chi connectivity index (χ1n) is 3.76. The zero-order valence-electron chi connectivity index (χ0n) is 6.44. The molecule has 0 atom stereocenters. The van der Waals surface area contributed by atoms with Gasteiger partial charge < -0.3 is 0 Å². The van der Waals surface area contributed by atoms with Crippen LogP contribution in [0.2, 0.25) is 0 Å². The standard InChI is InChI=1S/C10H8AsCl/c12-11-7-5-9-3-1-2-4-10(9)6-8-11/h1-8H. The summed E-state index contributed by atoms with van der Waals surface area (Å²) in [6.45, 7) is 0. The molecule has 12 heavy (non-hydrogen) atoms. The molecule has 0 saturated carbocycles. The summed E-state index contributed by atoms with van der Waals surface area (Å²) < 4.78 is 0. The van der Waals surface area contributed by atoms with Gasteiger partial charge in [0.2, 0.25) is 0 Å². The number of rotatable bonds is 0. The normalized spacial score (nSPS) is 15.8. The Morgan fingerprint density at radius 1 is 0.917 bits per heavy atom. The summed E-state index contributed by atoms with van der Waals surface area (Å²) in [5, 5.41) is 0. The van der Waals surface area contributed by atoms with E-state index in [0.29, 0.717) is 0 Å². The van der Waals surface area contributed by atoms with Gasteiger partial charge in [-0.1, -0.05) is 0 Å².